The van der Waals surface area contributed by atoms with Crippen LogP contribution in [-0.2, 0) is 26.2 Å². The van der Waals surface area contributed by atoms with Gasteiger partial charge in [-0.1, -0.05) is 89.2 Å². The number of carbonyl (C=O) groups excluding carboxylic acids is 2. The zero-order valence-electron chi connectivity index (χ0n) is 25.0. The van der Waals surface area contributed by atoms with Crippen LogP contribution in [0.2, 0.25) is 0 Å². The highest BCUT2D eigenvalue weighted by Gasteiger charge is 2.33. The lowest BCUT2D eigenvalue weighted by atomic mass is 10.0. The Morgan fingerprint density at radius 3 is 2.02 bits per heavy atom. The average molecular weight is 578 g/mol. The average Bonchev–Trinajstić information content (AvgIpc) is 2.96. The van der Waals surface area contributed by atoms with Crippen LogP contribution < -0.4 is 9.62 Å². The Hall–Kier alpha value is -3.65. The van der Waals surface area contributed by atoms with Crippen molar-refractivity contribution in [2.75, 3.05) is 17.4 Å². The summed E-state index contributed by atoms with van der Waals surface area (Å²) in [6.07, 6.45) is 0.385. The van der Waals surface area contributed by atoms with Crippen molar-refractivity contribution in [2.24, 2.45) is 5.92 Å². The molecule has 1 atom stereocenters. The molecule has 41 heavy (non-hydrogen) atoms. The fraction of sp³-hybridized carbons (Fsp3) is 0.394. The van der Waals surface area contributed by atoms with E-state index in [0.717, 1.165) is 21.0 Å². The Labute approximate surface area is 245 Å². The monoisotopic (exact) mass is 577 g/mol. The van der Waals surface area contributed by atoms with E-state index in [-0.39, 0.29) is 29.2 Å². The van der Waals surface area contributed by atoms with Crippen LogP contribution in [0.25, 0.3) is 0 Å². The molecule has 0 radical (unpaired) electrons. The highest BCUT2D eigenvalue weighted by Crippen LogP contribution is 2.27. The molecule has 3 rings (SSSR count). The van der Waals surface area contributed by atoms with Gasteiger partial charge in [-0.25, -0.2) is 8.42 Å². The van der Waals surface area contributed by atoms with Crippen molar-refractivity contribution in [3.05, 3.63) is 95.6 Å². The van der Waals surface area contributed by atoms with Gasteiger partial charge in [-0.3, -0.25) is 13.9 Å². The van der Waals surface area contributed by atoms with E-state index in [9.17, 15) is 18.0 Å². The van der Waals surface area contributed by atoms with Gasteiger partial charge in [-0.2, -0.15) is 0 Å². The number of hydrogen-bond donors (Lipinski definition) is 1. The lowest BCUT2D eigenvalue weighted by molar-refractivity contribution is -0.140. The number of hydrogen-bond acceptors (Lipinski definition) is 4. The van der Waals surface area contributed by atoms with E-state index >= 15 is 0 Å². The molecule has 0 saturated heterocycles. The first-order valence-corrected chi connectivity index (χ1v) is 15.7. The third-order valence-electron chi connectivity index (χ3n) is 7.13. The van der Waals surface area contributed by atoms with Crippen LogP contribution >= 0.6 is 0 Å². The first-order chi connectivity index (χ1) is 19.4. The van der Waals surface area contributed by atoms with Crippen LogP contribution in [0, 0.1) is 12.8 Å². The molecule has 7 nitrogen and oxygen atoms in total. The Morgan fingerprint density at radius 2 is 1.46 bits per heavy atom. The van der Waals surface area contributed by atoms with Gasteiger partial charge in [0.1, 0.15) is 12.6 Å². The van der Waals surface area contributed by atoms with E-state index in [1.807, 2.05) is 64.1 Å². The van der Waals surface area contributed by atoms with E-state index < -0.39 is 28.5 Å². The summed E-state index contributed by atoms with van der Waals surface area (Å²) in [5.41, 5.74) is 3.33. The zero-order valence-corrected chi connectivity index (χ0v) is 25.8. The van der Waals surface area contributed by atoms with Crippen LogP contribution in [0.4, 0.5) is 5.69 Å². The van der Waals surface area contributed by atoms with Gasteiger partial charge in [0.25, 0.3) is 10.0 Å². The first kappa shape index (κ1) is 31.9. The van der Waals surface area contributed by atoms with Crippen molar-refractivity contribution in [1.82, 2.24) is 10.2 Å². The van der Waals surface area contributed by atoms with Crippen molar-refractivity contribution in [1.29, 1.82) is 0 Å². The van der Waals surface area contributed by atoms with Gasteiger partial charge in [0, 0.05) is 13.1 Å². The number of anilines is 1. The molecule has 2 amide bonds. The van der Waals surface area contributed by atoms with Crippen molar-refractivity contribution < 1.29 is 18.0 Å². The molecule has 3 aromatic carbocycles. The summed E-state index contributed by atoms with van der Waals surface area (Å²) in [6, 6.07) is 22.3. The lowest BCUT2D eigenvalue weighted by Gasteiger charge is -2.33. The van der Waals surface area contributed by atoms with Gasteiger partial charge in [-0.05, 0) is 66.1 Å². The van der Waals surface area contributed by atoms with Gasteiger partial charge in [-0.15, -0.1) is 0 Å². The molecule has 0 aliphatic heterocycles. The summed E-state index contributed by atoms with van der Waals surface area (Å²) in [5, 5.41) is 2.96. The molecular weight excluding hydrogens is 534 g/mol. The van der Waals surface area contributed by atoms with Crippen molar-refractivity contribution in [3.63, 3.8) is 0 Å². The molecule has 0 bridgehead atoms. The van der Waals surface area contributed by atoms with Crippen LogP contribution in [-0.4, -0.2) is 44.3 Å². The van der Waals surface area contributed by atoms with Gasteiger partial charge in [0.15, 0.2) is 0 Å². The predicted octanol–water partition coefficient (Wildman–Crippen LogP) is 5.89. The summed E-state index contributed by atoms with van der Waals surface area (Å²) in [5.74, 6) is -0.185. The van der Waals surface area contributed by atoms with Crippen LogP contribution in [0.15, 0.2) is 83.8 Å². The highest BCUT2D eigenvalue weighted by molar-refractivity contribution is 7.92. The number of benzene rings is 3. The van der Waals surface area contributed by atoms with Crippen molar-refractivity contribution in [3.8, 4) is 0 Å². The summed E-state index contributed by atoms with van der Waals surface area (Å²) in [6.45, 7) is 12.2. The number of nitrogens with one attached hydrogen (secondary N) is 1. The predicted molar refractivity (Wildman–Crippen MR) is 165 cm³/mol. The molecule has 0 heterocycles. The van der Waals surface area contributed by atoms with E-state index in [4.69, 9.17) is 0 Å². The van der Waals surface area contributed by atoms with Crippen molar-refractivity contribution >= 4 is 27.5 Å². The molecule has 0 fully saturated rings. The third-order valence-corrected chi connectivity index (χ3v) is 8.92. The molecule has 0 aromatic heterocycles. The molecule has 0 aliphatic carbocycles. The maximum absolute atomic E-state index is 14.2. The van der Waals surface area contributed by atoms with Crippen LogP contribution in [0.1, 0.15) is 63.6 Å². The lowest BCUT2D eigenvalue weighted by Crippen LogP contribution is -2.52. The van der Waals surface area contributed by atoms with Gasteiger partial charge in [0.05, 0.1) is 10.6 Å². The SMILES string of the molecule is CC[C@H](C(=O)NCC(C)C)N(Cc1ccccc1C)C(=O)CN(c1ccc(C(C)C)cc1)S(=O)(=O)c1ccccc1. The number of carbonyl (C=O) groups is 2. The van der Waals surface area contributed by atoms with Crippen molar-refractivity contribution in [2.45, 2.75) is 71.4 Å². The molecule has 8 heteroatoms. The van der Waals surface area contributed by atoms with E-state index in [2.05, 4.69) is 19.2 Å². The minimum atomic E-state index is -4.09. The molecule has 0 unspecified atom stereocenters. The Balaban J connectivity index is 2.06. The van der Waals surface area contributed by atoms with Crippen LogP contribution in [0.3, 0.4) is 0 Å². The number of amides is 2. The normalized spacial score (nSPS) is 12.3. The summed E-state index contributed by atoms with van der Waals surface area (Å²) in [4.78, 5) is 29.1. The largest absolute Gasteiger partial charge is 0.354 e. The fourth-order valence-electron chi connectivity index (χ4n) is 4.59. The topological polar surface area (TPSA) is 86.8 Å². The summed E-state index contributed by atoms with van der Waals surface area (Å²) >= 11 is 0. The smallest absolute Gasteiger partial charge is 0.264 e. The standard InChI is InChI=1S/C33H43N3O4S/c1-7-31(33(38)34-21-24(2)3)35(22-28-14-12-11-13-26(28)6)32(37)23-36(29-19-17-27(18-20-29)25(4)5)41(39,40)30-15-9-8-10-16-30/h8-20,24-25,31H,7,21-23H2,1-6H3,(H,34,38)/t31-/m1/s1. The maximum Gasteiger partial charge on any atom is 0.264 e. The quantitative estimate of drug-likeness (QED) is 0.274. The minimum absolute atomic E-state index is 0.0907. The molecule has 3 aromatic rings. The fourth-order valence-corrected chi connectivity index (χ4v) is 6.02. The highest BCUT2D eigenvalue weighted by atomic mass is 32.2. The first-order valence-electron chi connectivity index (χ1n) is 14.2. The zero-order chi connectivity index (χ0) is 30.2. The number of rotatable bonds is 13. The summed E-state index contributed by atoms with van der Waals surface area (Å²) < 4.78 is 29.0. The second kappa shape index (κ2) is 14.3. The molecule has 0 saturated carbocycles. The second-order valence-corrected chi connectivity index (χ2v) is 12.9. The number of aryl methyl sites for hydroxylation is 1. The van der Waals surface area contributed by atoms with Gasteiger partial charge < -0.3 is 10.2 Å². The van der Waals surface area contributed by atoms with E-state index in [1.54, 1.807) is 30.3 Å². The van der Waals surface area contributed by atoms with E-state index in [1.165, 1.54) is 17.0 Å². The molecule has 220 valence electrons. The Kier molecular flexibility index (Phi) is 11.1. The Morgan fingerprint density at radius 1 is 0.854 bits per heavy atom. The van der Waals surface area contributed by atoms with Gasteiger partial charge >= 0.3 is 0 Å². The molecule has 0 spiro atoms. The second-order valence-electron chi connectivity index (χ2n) is 11.1. The van der Waals surface area contributed by atoms with Gasteiger partial charge in [0.2, 0.25) is 11.8 Å². The molecular formula is C33H43N3O4S. The Bertz CT molecular complexity index is 1400. The summed E-state index contributed by atoms with van der Waals surface area (Å²) in [7, 11) is -4.09. The van der Waals surface area contributed by atoms with Crippen LogP contribution in [0.5, 0.6) is 0 Å². The van der Waals surface area contributed by atoms with E-state index in [0.29, 0.717) is 18.7 Å². The number of nitrogens with zero attached hydrogens (tertiary/aromatic N) is 2. The molecule has 0 aliphatic rings. The minimum Gasteiger partial charge on any atom is -0.354 e. The number of sulfonamides is 1. The maximum atomic E-state index is 14.2. The third kappa shape index (κ3) is 8.19. The molecule has 1 N–H and O–H groups in total.